The van der Waals surface area contributed by atoms with Crippen LogP contribution in [0.4, 0.5) is 23.1 Å². The molecule has 5 nitrogen and oxygen atoms in total. The summed E-state index contributed by atoms with van der Waals surface area (Å²) in [5.74, 6) is 1.12. The summed E-state index contributed by atoms with van der Waals surface area (Å²) in [4.78, 5) is 4.48. The first-order valence-electron chi connectivity index (χ1n) is 7.89. The van der Waals surface area contributed by atoms with E-state index in [1.54, 1.807) is 6.20 Å². The molecule has 122 valence electrons. The summed E-state index contributed by atoms with van der Waals surface area (Å²) in [6.45, 7) is 8.31. The fourth-order valence-electron chi connectivity index (χ4n) is 2.56. The van der Waals surface area contributed by atoms with Crippen LogP contribution >= 0.6 is 0 Å². The van der Waals surface area contributed by atoms with Crippen LogP contribution in [0.15, 0.2) is 42.6 Å². The van der Waals surface area contributed by atoms with Crippen molar-refractivity contribution < 1.29 is 0 Å². The van der Waals surface area contributed by atoms with E-state index in [-0.39, 0.29) is 0 Å². The van der Waals surface area contributed by atoms with Crippen molar-refractivity contribution in [2.45, 2.75) is 27.7 Å². The van der Waals surface area contributed by atoms with Gasteiger partial charge in [0.1, 0.15) is 0 Å². The molecule has 0 bridgehead atoms. The lowest BCUT2D eigenvalue weighted by Gasteiger charge is -2.10. The van der Waals surface area contributed by atoms with Crippen LogP contribution < -0.4 is 10.6 Å². The Bertz CT molecular complexity index is 853. The van der Waals surface area contributed by atoms with Crippen molar-refractivity contribution in [3.05, 3.63) is 64.8 Å². The number of nitrogens with zero attached hydrogens (tertiary/aromatic N) is 3. The summed E-state index contributed by atoms with van der Waals surface area (Å²) in [5, 5.41) is 14.6. The topological polar surface area (TPSA) is 62.7 Å². The molecule has 2 N–H and O–H groups in total. The standard InChI is InChI=1S/C19H21N5/c1-12-7-13(2)9-17(8-12)22-19-23-18(11-20-24-19)21-16-6-5-14(3)15(4)10-16/h5-11H,1-4H3,(H2,21,22,23,24). The van der Waals surface area contributed by atoms with Gasteiger partial charge in [0.2, 0.25) is 5.95 Å². The summed E-state index contributed by atoms with van der Waals surface area (Å²) in [7, 11) is 0. The number of hydrogen-bond donors (Lipinski definition) is 2. The van der Waals surface area contributed by atoms with E-state index in [0.717, 1.165) is 11.4 Å². The predicted octanol–water partition coefficient (Wildman–Crippen LogP) is 4.59. The number of benzene rings is 2. The van der Waals surface area contributed by atoms with Gasteiger partial charge >= 0.3 is 0 Å². The molecular formula is C19H21N5. The molecule has 2 aromatic carbocycles. The van der Waals surface area contributed by atoms with Crippen molar-refractivity contribution in [1.82, 2.24) is 15.2 Å². The monoisotopic (exact) mass is 319 g/mol. The van der Waals surface area contributed by atoms with Gasteiger partial charge in [-0.15, -0.1) is 5.10 Å². The summed E-state index contributed by atoms with van der Waals surface area (Å²) < 4.78 is 0. The van der Waals surface area contributed by atoms with Crippen LogP contribution in [0.1, 0.15) is 22.3 Å². The highest BCUT2D eigenvalue weighted by Crippen LogP contribution is 2.20. The molecule has 1 aromatic heterocycles. The van der Waals surface area contributed by atoms with Crippen molar-refractivity contribution in [2.24, 2.45) is 0 Å². The first-order chi connectivity index (χ1) is 11.5. The van der Waals surface area contributed by atoms with Gasteiger partial charge in [-0.2, -0.15) is 10.1 Å². The number of anilines is 4. The van der Waals surface area contributed by atoms with Gasteiger partial charge in [0, 0.05) is 11.4 Å². The Kier molecular flexibility index (Phi) is 4.42. The Balaban J connectivity index is 1.79. The second-order valence-electron chi connectivity index (χ2n) is 6.09. The smallest absolute Gasteiger partial charge is 0.249 e. The Morgan fingerprint density at radius 1 is 0.750 bits per heavy atom. The van der Waals surface area contributed by atoms with Crippen LogP contribution in [0.25, 0.3) is 0 Å². The third kappa shape index (κ3) is 3.87. The average molecular weight is 319 g/mol. The van der Waals surface area contributed by atoms with Crippen molar-refractivity contribution in [3.63, 3.8) is 0 Å². The zero-order chi connectivity index (χ0) is 17.1. The molecule has 3 rings (SSSR count). The molecule has 5 heteroatoms. The number of aromatic nitrogens is 3. The number of hydrogen-bond acceptors (Lipinski definition) is 5. The van der Waals surface area contributed by atoms with Gasteiger partial charge in [-0.3, -0.25) is 0 Å². The van der Waals surface area contributed by atoms with E-state index in [1.807, 2.05) is 6.07 Å². The lowest BCUT2D eigenvalue weighted by Crippen LogP contribution is -2.03. The molecule has 0 fully saturated rings. The molecule has 0 aliphatic carbocycles. The minimum atomic E-state index is 0.467. The van der Waals surface area contributed by atoms with Crippen molar-refractivity contribution in [2.75, 3.05) is 10.6 Å². The molecule has 3 aromatic rings. The van der Waals surface area contributed by atoms with Gasteiger partial charge in [0.15, 0.2) is 5.82 Å². The van der Waals surface area contributed by atoms with Crippen molar-refractivity contribution >= 4 is 23.1 Å². The molecule has 0 saturated heterocycles. The van der Waals surface area contributed by atoms with Gasteiger partial charge in [0.25, 0.3) is 0 Å². The fraction of sp³-hybridized carbons (Fsp3) is 0.211. The molecule has 0 radical (unpaired) electrons. The second-order valence-corrected chi connectivity index (χ2v) is 6.09. The molecule has 1 heterocycles. The fourth-order valence-corrected chi connectivity index (χ4v) is 2.56. The zero-order valence-corrected chi connectivity index (χ0v) is 14.4. The zero-order valence-electron chi connectivity index (χ0n) is 14.4. The summed E-state index contributed by atoms with van der Waals surface area (Å²) in [6, 6.07) is 12.4. The van der Waals surface area contributed by atoms with Gasteiger partial charge in [-0.05, 0) is 74.2 Å². The number of nitrogens with one attached hydrogen (secondary N) is 2. The van der Waals surface area contributed by atoms with Crippen LogP contribution in [0.5, 0.6) is 0 Å². The summed E-state index contributed by atoms with van der Waals surface area (Å²) >= 11 is 0. The number of rotatable bonds is 4. The minimum absolute atomic E-state index is 0.467. The Morgan fingerprint density at radius 3 is 2.21 bits per heavy atom. The summed E-state index contributed by atoms with van der Waals surface area (Å²) in [6.07, 6.45) is 1.61. The minimum Gasteiger partial charge on any atom is -0.339 e. The first kappa shape index (κ1) is 15.9. The normalized spacial score (nSPS) is 10.5. The first-order valence-corrected chi connectivity index (χ1v) is 7.89. The molecule has 0 atom stereocenters. The molecule has 0 amide bonds. The van der Waals surface area contributed by atoms with Crippen LogP contribution in [-0.4, -0.2) is 15.2 Å². The molecule has 0 spiro atoms. The molecular weight excluding hydrogens is 298 g/mol. The highest BCUT2D eigenvalue weighted by atomic mass is 15.3. The Morgan fingerprint density at radius 2 is 1.50 bits per heavy atom. The SMILES string of the molecule is Cc1cc(C)cc(Nc2nncc(Nc3ccc(C)c(C)c3)n2)c1. The molecule has 0 unspecified atom stereocenters. The second kappa shape index (κ2) is 6.66. The van der Waals surface area contributed by atoms with Crippen LogP contribution in [0, 0.1) is 27.7 Å². The molecule has 0 aliphatic heterocycles. The number of aryl methyl sites for hydroxylation is 4. The quantitative estimate of drug-likeness (QED) is 0.736. The van der Waals surface area contributed by atoms with E-state index in [0.29, 0.717) is 11.8 Å². The van der Waals surface area contributed by atoms with Crippen LogP contribution in [-0.2, 0) is 0 Å². The maximum Gasteiger partial charge on any atom is 0.249 e. The lowest BCUT2D eigenvalue weighted by molar-refractivity contribution is 0.982. The van der Waals surface area contributed by atoms with Crippen molar-refractivity contribution in [1.29, 1.82) is 0 Å². The van der Waals surface area contributed by atoms with Crippen molar-refractivity contribution in [3.8, 4) is 0 Å². The van der Waals surface area contributed by atoms with Gasteiger partial charge in [0.05, 0.1) is 6.20 Å². The van der Waals surface area contributed by atoms with E-state index >= 15 is 0 Å². The van der Waals surface area contributed by atoms with E-state index in [4.69, 9.17) is 0 Å². The Labute approximate surface area is 142 Å². The lowest BCUT2D eigenvalue weighted by atomic mass is 10.1. The highest BCUT2D eigenvalue weighted by molar-refractivity contribution is 5.60. The maximum absolute atomic E-state index is 4.48. The van der Waals surface area contributed by atoms with Gasteiger partial charge in [-0.1, -0.05) is 12.1 Å². The van der Waals surface area contributed by atoms with E-state index in [9.17, 15) is 0 Å². The summed E-state index contributed by atoms with van der Waals surface area (Å²) in [5.41, 5.74) is 6.81. The van der Waals surface area contributed by atoms with E-state index in [2.05, 4.69) is 83.8 Å². The highest BCUT2D eigenvalue weighted by Gasteiger charge is 2.04. The van der Waals surface area contributed by atoms with E-state index < -0.39 is 0 Å². The third-order valence-electron chi connectivity index (χ3n) is 3.82. The average Bonchev–Trinajstić information content (AvgIpc) is 2.50. The van der Waals surface area contributed by atoms with Crippen LogP contribution in [0.2, 0.25) is 0 Å². The van der Waals surface area contributed by atoms with E-state index in [1.165, 1.54) is 22.3 Å². The molecule has 0 saturated carbocycles. The van der Waals surface area contributed by atoms with Gasteiger partial charge in [-0.25, -0.2) is 0 Å². The maximum atomic E-state index is 4.48. The van der Waals surface area contributed by atoms with Gasteiger partial charge < -0.3 is 10.6 Å². The third-order valence-corrected chi connectivity index (χ3v) is 3.82. The predicted molar refractivity (Wildman–Crippen MR) is 98.2 cm³/mol. The molecule has 24 heavy (non-hydrogen) atoms. The largest absolute Gasteiger partial charge is 0.339 e. The Hall–Kier alpha value is -2.95. The van der Waals surface area contributed by atoms with Crippen LogP contribution in [0.3, 0.4) is 0 Å². The molecule has 0 aliphatic rings.